The molecule has 0 bridgehead atoms. The molecule has 1 N–H and O–H groups in total. The normalized spacial score (nSPS) is 26.7. The predicted octanol–water partition coefficient (Wildman–Crippen LogP) is 2.53. The average molecular weight is 249 g/mol. The van der Waals surface area contributed by atoms with Crippen molar-refractivity contribution in [2.24, 2.45) is 0 Å². The second-order valence-corrected chi connectivity index (χ2v) is 4.97. The van der Waals surface area contributed by atoms with Gasteiger partial charge < -0.3 is 14.8 Å². The van der Waals surface area contributed by atoms with E-state index in [0.29, 0.717) is 6.04 Å². The number of hydrogen-bond donors (Lipinski definition) is 1. The molecule has 0 aromatic heterocycles. The molecule has 1 aromatic carbocycles. The van der Waals surface area contributed by atoms with E-state index in [0.717, 1.165) is 25.1 Å². The molecule has 100 valence electrons. The van der Waals surface area contributed by atoms with Gasteiger partial charge in [-0.1, -0.05) is 24.6 Å². The van der Waals surface area contributed by atoms with Crippen LogP contribution < -0.4 is 10.1 Å². The number of ether oxygens (including phenoxy) is 2. The van der Waals surface area contributed by atoms with E-state index in [2.05, 4.69) is 31.3 Å². The monoisotopic (exact) mass is 249 g/mol. The van der Waals surface area contributed by atoms with Gasteiger partial charge in [-0.05, 0) is 32.0 Å². The van der Waals surface area contributed by atoms with Crippen LogP contribution in [0.15, 0.2) is 24.3 Å². The van der Waals surface area contributed by atoms with Crippen LogP contribution >= 0.6 is 0 Å². The van der Waals surface area contributed by atoms with Crippen molar-refractivity contribution in [1.82, 2.24) is 5.32 Å². The highest BCUT2D eigenvalue weighted by molar-refractivity contribution is 5.27. The first-order valence-electron chi connectivity index (χ1n) is 6.74. The second kappa shape index (κ2) is 6.21. The first kappa shape index (κ1) is 13.4. The van der Waals surface area contributed by atoms with E-state index in [-0.39, 0.29) is 12.2 Å². The Kier molecular flexibility index (Phi) is 4.61. The molecule has 0 radical (unpaired) electrons. The summed E-state index contributed by atoms with van der Waals surface area (Å²) >= 11 is 0. The molecule has 0 amide bonds. The third-order valence-electron chi connectivity index (χ3n) is 3.49. The van der Waals surface area contributed by atoms with E-state index >= 15 is 0 Å². The van der Waals surface area contributed by atoms with E-state index in [9.17, 15) is 0 Å². The smallest absolute Gasteiger partial charge is 0.128 e. The number of rotatable bonds is 6. The van der Waals surface area contributed by atoms with Crippen molar-refractivity contribution < 1.29 is 9.47 Å². The summed E-state index contributed by atoms with van der Waals surface area (Å²) in [5.74, 6) is 0.932. The van der Waals surface area contributed by atoms with Crippen molar-refractivity contribution in [1.29, 1.82) is 0 Å². The third-order valence-corrected chi connectivity index (χ3v) is 3.49. The van der Waals surface area contributed by atoms with Crippen molar-refractivity contribution in [3.63, 3.8) is 0 Å². The second-order valence-electron chi connectivity index (χ2n) is 4.97. The summed E-state index contributed by atoms with van der Waals surface area (Å²) in [4.78, 5) is 0. The molecular weight excluding hydrogens is 226 g/mol. The third kappa shape index (κ3) is 3.03. The first-order chi connectivity index (χ1) is 8.74. The fourth-order valence-electron chi connectivity index (χ4n) is 2.33. The van der Waals surface area contributed by atoms with Gasteiger partial charge in [0.05, 0.1) is 0 Å². The van der Waals surface area contributed by atoms with Crippen LogP contribution in [0.3, 0.4) is 0 Å². The molecule has 0 saturated heterocycles. The highest BCUT2D eigenvalue weighted by atomic mass is 16.5. The Hall–Kier alpha value is -1.06. The molecule has 0 heterocycles. The molecule has 0 aliphatic heterocycles. The van der Waals surface area contributed by atoms with Crippen LogP contribution in [0, 0.1) is 6.92 Å². The van der Waals surface area contributed by atoms with Gasteiger partial charge in [0, 0.05) is 19.6 Å². The molecule has 18 heavy (non-hydrogen) atoms. The molecule has 2 rings (SSSR count). The fourth-order valence-corrected chi connectivity index (χ4v) is 2.33. The largest absolute Gasteiger partial charge is 0.488 e. The maximum atomic E-state index is 5.95. The standard InChI is InChI=1S/C15H23NO2/c1-4-9-16-13-10-14(15(13)17-3)18-12-7-5-11(2)6-8-12/h5-8,13-16H,4,9-10H2,1-3H3. The van der Waals surface area contributed by atoms with Crippen LogP contribution in [0.1, 0.15) is 25.3 Å². The van der Waals surface area contributed by atoms with Crippen molar-refractivity contribution in [3.05, 3.63) is 29.8 Å². The first-order valence-corrected chi connectivity index (χ1v) is 6.74. The van der Waals surface area contributed by atoms with Gasteiger partial charge in [-0.25, -0.2) is 0 Å². The lowest BCUT2D eigenvalue weighted by atomic mass is 9.85. The van der Waals surface area contributed by atoms with Crippen molar-refractivity contribution in [3.8, 4) is 5.75 Å². The van der Waals surface area contributed by atoms with Gasteiger partial charge in [0.1, 0.15) is 18.0 Å². The average Bonchev–Trinajstić information content (AvgIpc) is 2.35. The maximum absolute atomic E-state index is 5.95. The molecule has 1 aromatic rings. The summed E-state index contributed by atoms with van der Waals surface area (Å²) in [6, 6.07) is 8.62. The zero-order valence-corrected chi connectivity index (χ0v) is 11.5. The predicted molar refractivity (Wildman–Crippen MR) is 73.1 cm³/mol. The summed E-state index contributed by atoms with van der Waals surface area (Å²) < 4.78 is 11.5. The number of nitrogens with one attached hydrogen (secondary N) is 1. The van der Waals surface area contributed by atoms with Gasteiger partial charge in [0.25, 0.3) is 0 Å². The molecule has 1 aliphatic carbocycles. The lowest BCUT2D eigenvalue weighted by molar-refractivity contribution is -0.0887. The molecule has 1 saturated carbocycles. The number of aryl methyl sites for hydroxylation is 1. The van der Waals surface area contributed by atoms with Crippen molar-refractivity contribution in [2.75, 3.05) is 13.7 Å². The number of benzene rings is 1. The molecule has 3 atom stereocenters. The molecule has 1 aliphatic rings. The van der Waals surface area contributed by atoms with Gasteiger partial charge >= 0.3 is 0 Å². The van der Waals surface area contributed by atoms with Gasteiger partial charge in [0.15, 0.2) is 0 Å². The summed E-state index contributed by atoms with van der Waals surface area (Å²) in [6.07, 6.45) is 2.51. The van der Waals surface area contributed by atoms with Crippen LogP contribution in [0.4, 0.5) is 0 Å². The quantitative estimate of drug-likeness (QED) is 0.840. The molecule has 0 spiro atoms. The van der Waals surface area contributed by atoms with Crippen molar-refractivity contribution >= 4 is 0 Å². The Morgan fingerprint density at radius 3 is 2.61 bits per heavy atom. The minimum absolute atomic E-state index is 0.165. The summed E-state index contributed by atoms with van der Waals surface area (Å²) in [7, 11) is 1.76. The SMILES string of the molecule is CCCNC1CC(Oc2ccc(C)cc2)C1OC. The van der Waals surface area contributed by atoms with Crippen LogP contribution in [0.25, 0.3) is 0 Å². The molecule has 1 fully saturated rings. The van der Waals surface area contributed by atoms with E-state index in [1.807, 2.05) is 12.1 Å². The number of hydrogen-bond acceptors (Lipinski definition) is 3. The maximum Gasteiger partial charge on any atom is 0.128 e. The van der Waals surface area contributed by atoms with Crippen LogP contribution in [0.2, 0.25) is 0 Å². The fraction of sp³-hybridized carbons (Fsp3) is 0.600. The van der Waals surface area contributed by atoms with Crippen LogP contribution in [0.5, 0.6) is 5.75 Å². The van der Waals surface area contributed by atoms with Gasteiger partial charge in [-0.15, -0.1) is 0 Å². The number of methoxy groups -OCH3 is 1. The summed E-state index contributed by atoms with van der Waals surface area (Å²) in [5.41, 5.74) is 1.25. The van der Waals surface area contributed by atoms with Crippen LogP contribution in [-0.4, -0.2) is 31.9 Å². The Balaban J connectivity index is 1.85. The van der Waals surface area contributed by atoms with E-state index < -0.39 is 0 Å². The molecule has 3 unspecified atom stereocenters. The lowest BCUT2D eigenvalue weighted by Crippen LogP contribution is -2.61. The van der Waals surface area contributed by atoms with Crippen LogP contribution in [-0.2, 0) is 4.74 Å². The Labute approximate surface area is 109 Å². The highest BCUT2D eigenvalue weighted by Crippen LogP contribution is 2.28. The van der Waals surface area contributed by atoms with Gasteiger partial charge in [-0.3, -0.25) is 0 Å². The van der Waals surface area contributed by atoms with Gasteiger partial charge in [-0.2, -0.15) is 0 Å². The Morgan fingerprint density at radius 2 is 2.00 bits per heavy atom. The molecular formula is C15H23NO2. The van der Waals surface area contributed by atoms with Gasteiger partial charge in [0.2, 0.25) is 0 Å². The zero-order chi connectivity index (χ0) is 13.0. The summed E-state index contributed by atoms with van der Waals surface area (Å²) in [6.45, 7) is 5.30. The Bertz CT molecular complexity index is 363. The zero-order valence-electron chi connectivity index (χ0n) is 11.5. The Morgan fingerprint density at radius 1 is 1.28 bits per heavy atom. The van der Waals surface area contributed by atoms with E-state index in [1.165, 1.54) is 5.56 Å². The minimum atomic E-state index is 0.165. The van der Waals surface area contributed by atoms with E-state index in [1.54, 1.807) is 7.11 Å². The topological polar surface area (TPSA) is 30.5 Å². The van der Waals surface area contributed by atoms with Crippen molar-refractivity contribution in [2.45, 2.75) is 44.9 Å². The summed E-state index contributed by atoms with van der Waals surface area (Å²) in [5, 5.41) is 3.49. The highest BCUT2D eigenvalue weighted by Gasteiger charge is 2.42. The molecule has 3 nitrogen and oxygen atoms in total. The lowest BCUT2D eigenvalue weighted by Gasteiger charge is -2.43. The molecule has 3 heteroatoms. The minimum Gasteiger partial charge on any atom is -0.488 e. The van der Waals surface area contributed by atoms with E-state index in [4.69, 9.17) is 9.47 Å².